The van der Waals surface area contributed by atoms with Crippen LogP contribution < -0.4 is 4.90 Å². The van der Waals surface area contributed by atoms with Crippen LogP contribution in [0.4, 0.5) is 5.69 Å². The van der Waals surface area contributed by atoms with Gasteiger partial charge in [-0.05, 0) is 24.6 Å². The molecule has 2 aromatic rings. The van der Waals surface area contributed by atoms with Crippen LogP contribution >= 0.6 is 11.3 Å². The zero-order valence-corrected chi connectivity index (χ0v) is 11.0. The summed E-state index contributed by atoms with van der Waals surface area (Å²) >= 11 is 1.49. The van der Waals surface area contributed by atoms with Gasteiger partial charge in [0, 0.05) is 30.9 Å². The van der Waals surface area contributed by atoms with Crippen LogP contribution in [0.1, 0.15) is 22.4 Å². The Morgan fingerprint density at radius 2 is 1.88 bits per heavy atom. The molecular formula is C13H16N2OS. The van der Waals surface area contributed by atoms with Crippen LogP contribution in [0, 0.1) is 6.92 Å². The summed E-state index contributed by atoms with van der Waals surface area (Å²) in [6.45, 7) is 1.93. The molecule has 1 heterocycles. The maximum atomic E-state index is 10.2. The second-order valence-electron chi connectivity index (χ2n) is 4.22. The highest BCUT2D eigenvalue weighted by Crippen LogP contribution is 2.26. The smallest absolute Gasteiger partial charge is 0.131 e. The number of hydrogen-bond acceptors (Lipinski definition) is 4. The molecule has 90 valence electrons. The van der Waals surface area contributed by atoms with Crippen molar-refractivity contribution in [3.05, 3.63) is 45.9 Å². The number of hydrogen-bond donors (Lipinski definition) is 1. The average molecular weight is 248 g/mol. The fraction of sp³-hybridized carbons (Fsp3) is 0.308. The molecule has 0 saturated carbocycles. The van der Waals surface area contributed by atoms with E-state index in [-0.39, 0.29) is 0 Å². The summed E-state index contributed by atoms with van der Waals surface area (Å²) in [7, 11) is 3.99. The average Bonchev–Trinajstić information content (AvgIpc) is 2.75. The molecule has 2 rings (SSSR count). The largest absolute Gasteiger partial charge is 0.381 e. The Morgan fingerprint density at radius 3 is 2.35 bits per heavy atom. The van der Waals surface area contributed by atoms with Crippen molar-refractivity contribution >= 4 is 17.0 Å². The van der Waals surface area contributed by atoms with E-state index in [2.05, 4.69) is 4.98 Å². The van der Waals surface area contributed by atoms with Gasteiger partial charge in [0.05, 0.1) is 0 Å². The van der Waals surface area contributed by atoms with E-state index in [0.717, 1.165) is 22.0 Å². The summed E-state index contributed by atoms with van der Waals surface area (Å²) in [6.07, 6.45) is -0.620. The van der Waals surface area contributed by atoms with Gasteiger partial charge in [-0.2, -0.15) is 0 Å². The zero-order valence-electron chi connectivity index (χ0n) is 10.2. The molecule has 0 bridgehead atoms. The second kappa shape index (κ2) is 4.85. The van der Waals surface area contributed by atoms with E-state index in [1.807, 2.05) is 55.6 Å². The molecule has 0 radical (unpaired) electrons. The molecule has 0 amide bonds. The van der Waals surface area contributed by atoms with Crippen LogP contribution in [0.25, 0.3) is 0 Å². The monoisotopic (exact) mass is 248 g/mol. The molecule has 0 saturated heterocycles. The first kappa shape index (κ1) is 12.1. The molecule has 0 spiro atoms. The standard InChI is InChI=1S/C13H16N2OS/c1-9-8-17-13(14-9)12(16)10-4-6-11(7-5-10)15(2)3/h4-8,12,16H,1-3H3. The number of aromatic nitrogens is 1. The van der Waals surface area contributed by atoms with Crippen LogP contribution in [0.15, 0.2) is 29.6 Å². The number of aliphatic hydroxyl groups is 1. The minimum absolute atomic E-state index is 0.620. The summed E-state index contributed by atoms with van der Waals surface area (Å²) in [5, 5.41) is 12.9. The number of anilines is 1. The lowest BCUT2D eigenvalue weighted by atomic mass is 10.1. The molecule has 4 heteroatoms. The molecule has 0 aliphatic rings. The van der Waals surface area contributed by atoms with Crippen molar-refractivity contribution in [3.8, 4) is 0 Å². The molecule has 0 aliphatic carbocycles. The lowest BCUT2D eigenvalue weighted by Gasteiger charge is -2.14. The maximum Gasteiger partial charge on any atom is 0.131 e. The summed E-state index contributed by atoms with van der Waals surface area (Å²) in [5.41, 5.74) is 2.95. The Labute approximate surface area is 105 Å². The lowest BCUT2D eigenvalue weighted by molar-refractivity contribution is 0.219. The van der Waals surface area contributed by atoms with Crippen LogP contribution in [0.5, 0.6) is 0 Å². The van der Waals surface area contributed by atoms with Gasteiger partial charge in [0.2, 0.25) is 0 Å². The van der Waals surface area contributed by atoms with Crippen LogP contribution in [-0.4, -0.2) is 24.2 Å². The normalized spacial score (nSPS) is 12.5. The van der Waals surface area contributed by atoms with E-state index < -0.39 is 6.10 Å². The minimum atomic E-state index is -0.620. The Morgan fingerprint density at radius 1 is 1.24 bits per heavy atom. The van der Waals surface area contributed by atoms with Crippen molar-refractivity contribution in [1.82, 2.24) is 4.98 Å². The third kappa shape index (κ3) is 2.65. The number of rotatable bonds is 3. The number of aryl methyl sites for hydroxylation is 1. The molecule has 17 heavy (non-hydrogen) atoms. The molecule has 1 aromatic heterocycles. The highest BCUT2D eigenvalue weighted by molar-refractivity contribution is 7.09. The minimum Gasteiger partial charge on any atom is -0.381 e. The highest BCUT2D eigenvalue weighted by atomic mass is 32.1. The van der Waals surface area contributed by atoms with Gasteiger partial charge >= 0.3 is 0 Å². The highest BCUT2D eigenvalue weighted by Gasteiger charge is 2.13. The number of aliphatic hydroxyl groups excluding tert-OH is 1. The first-order chi connectivity index (χ1) is 8.08. The molecule has 3 nitrogen and oxygen atoms in total. The summed E-state index contributed by atoms with van der Waals surface area (Å²) in [6, 6.07) is 7.88. The van der Waals surface area contributed by atoms with Gasteiger partial charge in [-0.25, -0.2) is 4.98 Å². The first-order valence-electron chi connectivity index (χ1n) is 5.45. The number of thiazole rings is 1. The van der Waals surface area contributed by atoms with Crippen molar-refractivity contribution in [3.63, 3.8) is 0 Å². The summed E-state index contributed by atoms with van der Waals surface area (Å²) in [5.74, 6) is 0. The summed E-state index contributed by atoms with van der Waals surface area (Å²) in [4.78, 5) is 6.33. The van der Waals surface area contributed by atoms with Crippen molar-refractivity contribution in [1.29, 1.82) is 0 Å². The SMILES string of the molecule is Cc1csc(C(O)c2ccc(N(C)C)cc2)n1. The van der Waals surface area contributed by atoms with Gasteiger partial charge in [-0.15, -0.1) is 11.3 Å². The topological polar surface area (TPSA) is 36.4 Å². The molecular weight excluding hydrogens is 232 g/mol. The van der Waals surface area contributed by atoms with E-state index in [4.69, 9.17) is 0 Å². The lowest BCUT2D eigenvalue weighted by Crippen LogP contribution is -2.08. The quantitative estimate of drug-likeness (QED) is 0.907. The number of benzene rings is 1. The third-order valence-electron chi connectivity index (χ3n) is 2.60. The van der Waals surface area contributed by atoms with E-state index in [1.165, 1.54) is 11.3 Å². The molecule has 1 aromatic carbocycles. The Hall–Kier alpha value is -1.39. The molecule has 1 unspecified atom stereocenters. The zero-order chi connectivity index (χ0) is 12.4. The Kier molecular flexibility index (Phi) is 3.45. The predicted octanol–water partition coefficient (Wildman–Crippen LogP) is 2.60. The second-order valence-corrected chi connectivity index (χ2v) is 5.11. The van der Waals surface area contributed by atoms with E-state index in [0.29, 0.717) is 0 Å². The molecule has 1 N–H and O–H groups in total. The van der Waals surface area contributed by atoms with Crippen molar-refractivity contribution in [2.45, 2.75) is 13.0 Å². The van der Waals surface area contributed by atoms with Gasteiger partial charge in [0.25, 0.3) is 0 Å². The van der Waals surface area contributed by atoms with E-state index in [9.17, 15) is 5.11 Å². The number of nitrogens with zero attached hydrogens (tertiary/aromatic N) is 2. The Bertz CT molecular complexity index is 490. The molecule has 0 aliphatic heterocycles. The predicted molar refractivity (Wildman–Crippen MR) is 71.7 cm³/mol. The first-order valence-corrected chi connectivity index (χ1v) is 6.33. The fourth-order valence-corrected chi connectivity index (χ4v) is 2.40. The van der Waals surface area contributed by atoms with Crippen molar-refractivity contribution in [2.75, 3.05) is 19.0 Å². The van der Waals surface area contributed by atoms with Crippen LogP contribution in [0.2, 0.25) is 0 Å². The van der Waals surface area contributed by atoms with Gasteiger partial charge in [-0.1, -0.05) is 12.1 Å². The van der Waals surface area contributed by atoms with Crippen LogP contribution in [0.3, 0.4) is 0 Å². The molecule has 0 fully saturated rings. The van der Waals surface area contributed by atoms with Gasteiger partial charge in [0.15, 0.2) is 0 Å². The Balaban J connectivity index is 2.22. The van der Waals surface area contributed by atoms with Crippen molar-refractivity contribution < 1.29 is 5.11 Å². The van der Waals surface area contributed by atoms with Gasteiger partial charge < -0.3 is 10.0 Å². The molecule has 1 atom stereocenters. The third-order valence-corrected chi connectivity index (χ3v) is 3.61. The van der Waals surface area contributed by atoms with E-state index in [1.54, 1.807) is 0 Å². The van der Waals surface area contributed by atoms with Crippen LogP contribution in [-0.2, 0) is 0 Å². The van der Waals surface area contributed by atoms with E-state index >= 15 is 0 Å². The van der Waals surface area contributed by atoms with Gasteiger partial charge in [-0.3, -0.25) is 0 Å². The fourth-order valence-electron chi connectivity index (χ4n) is 1.60. The summed E-state index contributed by atoms with van der Waals surface area (Å²) < 4.78 is 0. The van der Waals surface area contributed by atoms with Crippen molar-refractivity contribution in [2.24, 2.45) is 0 Å². The van der Waals surface area contributed by atoms with Gasteiger partial charge in [0.1, 0.15) is 11.1 Å². The maximum absolute atomic E-state index is 10.2.